The molecule has 0 heterocycles. The van der Waals surface area contributed by atoms with Crippen molar-refractivity contribution in [3.63, 3.8) is 0 Å². The fourth-order valence-corrected chi connectivity index (χ4v) is 2.56. The Morgan fingerprint density at radius 2 is 2.07 bits per heavy atom. The molecule has 0 aliphatic heterocycles. The summed E-state index contributed by atoms with van der Waals surface area (Å²) in [5, 5.41) is 9.54. The van der Waals surface area contributed by atoms with Crippen molar-refractivity contribution >= 4 is 11.9 Å². The van der Waals surface area contributed by atoms with Gasteiger partial charge in [0.2, 0.25) is 5.91 Å². The lowest BCUT2D eigenvalue weighted by Gasteiger charge is -2.15. The van der Waals surface area contributed by atoms with Gasteiger partial charge >= 0.3 is 0 Å². The van der Waals surface area contributed by atoms with Crippen molar-refractivity contribution in [3.8, 4) is 5.75 Å². The summed E-state index contributed by atoms with van der Waals surface area (Å²) in [6, 6.07) is 6.57. The normalized spacial score (nSPS) is 14.0. The number of guanidine groups is 1. The number of ether oxygens (including phenoxy) is 2. The Kier molecular flexibility index (Phi) is 8.91. The lowest BCUT2D eigenvalue weighted by molar-refractivity contribution is -0.121. The molecule has 1 fully saturated rings. The van der Waals surface area contributed by atoms with Crippen LogP contribution in [0.25, 0.3) is 0 Å². The van der Waals surface area contributed by atoms with Crippen molar-refractivity contribution in [2.75, 3.05) is 33.9 Å². The average Bonchev–Trinajstić information content (AvgIpc) is 3.46. The van der Waals surface area contributed by atoms with E-state index < -0.39 is 0 Å². The monoisotopic (exact) mass is 376 g/mol. The quantitative estimate of drug-likeness (QED) is 0.311. The first-order valence-corrected chi connectivity index (χ1v) is 9.57. The van der Waals surface area contributed by atoms with Crippen LogP contribution >= 0.6 is 0 Å². The van der Waals surface area contributed by atoms with E-state index in [0.29, 0.717) is 44.7 Å². The van der Waals surface area contributed by atoms with Crippen LogP contribution in [-0.2, 0) is 16.1 Å². The van der Waals surface area contributed by atoms with E-state index in [1.165, 1.54) is 0 Å². The first-order chi connectivity index (χ1) is 13.1. The summed E-state index contributed by atoms with van der Waals surface area (Å²) >= 11 is 0. The maximum absolute atomic E-state index is 11.7. The summed E-state index contributed by atoms with van der Waals surface area (Å²) in [6.07, 6.45) is 3.55. The number of aryl methyl sites for hydroxylation is 1. The minimum absolute atomic E-state index is 0.139. The van der Waals surface area contributed by atoms with E-state index in [2.05, 4.69) is 33.1 Å². The number of benzene rings is 1. The number of amides is 1. The van der Waals surface area contributed by atoms with Crippen LogP contribution in [0.15, 0.2) is 23.2 Å². The van der Waals surface area contributed by atoms with Gasteiger partial charge in [-0.1, -0.05) is 12.1 Å². The summed E-state index contributed by atoms with van der Waals surface area (Å²) < 4.78 is 10.9. The van der Waals surface area contributed by atoms with Gasteiger partial charge in [0.15, 0.2) is 5.96 Å². The van der Waals surface area contributed by atoms with Gasteiger partial charge in [0.25, 0.3) is 0 Å². The highest BCUT2D eigenvalue weighted by Crippen LogP contribution is 2.20. The summed E-state index contributed by atoms with van der Waals surface area (Å²) in [5.41, 5.74) is 2.21. The number of methoxy groups -OCH3 is 1. The molecule has 0 atom stereocenters. The third-order valence-corrected chi connectivity index (χ3v) is 4.25. The highest BCUT2D eigenvalue weighted by Gasteiger charge is 2.22. The zero-order valence-corrected chi connectivity index (χ0v) is 16.6. The largest absolute Gasteiger partial charge is 0.491 e. The van der Waals surface area contributed by atoms with E-state index in [4.69, 9.17) is 9.47 Å². The fourth-order valence-electron chi connectivity index (χ4n) is 2.56. The third kappa shape index (κ3) is 8.30. The van der Waals surface area contributed by atoms with Crippen molar-refractivity contribution in [2.45, 2.75) is 45.2 Å². The first-order valence-electron chi connectivity index (χ1n) is 9.57. The molecule has 1 aromatic carbocycles. The predicted molar refractivity (Wildman–Crippen MR) is 107 cm³/mol. The minimum Gasteiger partial charge on any atom is -0.491 e. The predicted octanol–water partition coefficient (Wildman–Crippen LogP) is 1.74. The Bertz CT molecular complexity index is 630. The number of aliphatic imine (C=N–C) groups is 1. The molecule has 0 spiro atoms. The van der Waals surface area contributed by atoms with Crippen molar-refractivity contribution in [1.29, 1.82) is 0 Å². The van der Waals surface area contributed by atoms with Gasteiger partial charge in [-0.05, 0) is 37.8 Å². The Labute approximate surface area is 161 Å². The molecule has 3 N–H and O–H groups in total. The zero-order valence-electron chi connectivity index (χ0n) is 16.6. The molecule has 7 heteroatoms. The topological polar surface area (TPSA) is 84.0 Å². The Hall–Kier alpha value is -2.28. The molecule has 7 nitrogen and oxygen atoms in total. The molecule has 0 bridgehead atoms. The lowest BCUT2D eigenvalue weighted by Crippen LogP contribution is -2.37. The van der Waals surface area contributed by atoms with Crippen LogP contribution in [0.2, 0.25) is 0 Å². The average molecular weight is 377 g/mol. The van der Waals surface area contributed by atoms with Gasteiger partial charge in [0.05, 0.1) is 6.61 Å². The number of hydrogen-bond acceptors (Lipinski definition) is 4. The van der Waals surface area contributed by atoms with Crippen LogP contribution in [-0.4, -0.2) is 51.8 Å². The van der Waals surface area contributed by atoms with Gasteiger partial charge in [-0.25, -0.2) is 0 Å². The number of nitrogens with one attached hydrogen (secondary N) is 3. The smallest absolute Gasteiger partial charge is 0.220 e. The number of carbonyl (C=O) groups is 1. The Balaban J connectivity index is 1.73. The number of carbonyl (C=O) groups excluding carboxylic acids is 1. The molecule has 1 aliphatic rings. The zero-order chi connectivity index (χ0) is 19.5. The molecule has 1 aromatic rings. The molecule has 150 valence electrons. The van der Waals surface area contributed by atoms with Crippen LogP contribution < -0.4 is 20.7 Å². The van der Waals surface area contributed by atoms with Gasteiger partial charge in [0, 0.05) is 45.3 Å². The second kappa shape index (κ2) is 11.4. The second-order valence-electron chi connectivity index (χ2n) is 6.75. The van der Waals surface area contributed by atoms with Crippen LogP contribution in [0, 0.1) is 6.92 Å². The van der Waals surface area contributed by atoms with Gasteiger partial charge in [-0.3, -0.25) is 9.79 Å². The van der Waals surface area contributed by atoms with Gasteiger partial charge in [0.1, 0.15) is 12.4 Å². The molecule has 1 amide bonds. The molecule has 0 unspecified atom stereocenters. The summed E-state index contributed by atoms with van der Waals surface area (Å²) in [7, 11) is 3.40. The maximum Gasteiger partial charge on any atom is 0.220 e. The number of rotatable bonds is 11. The molecule has 1 aliphatic carbocycles. The second-order valence-corrected chi connectivity index (χ2v) is 6.75. The van der Waals surface area contributed by atoms with Crippen molar-refractivity contribution in [2.24, 2.45) is 4.99 Å². The van der Waals surface area contributed by atoms with Crippen molar-refractivity contribution in [1.82, 2.24) is 16.0 Å². The van der Waals surface area contributed by atoms with Crippen LogP contribution in [0.4, 0.5) is 0 Å². The maximum atomic E-state index is 11.7. The van der Waals surface area contributed by atoms with E-state index >= 15 is 0 Å². The standard InChI is InChI=1S/C20H32N4O3/c1-15-6-7-16(18(13-15)27-12-11-26-3)14-23-20(21-2)22-10-4-5-19(25)24-17-8-9-17/h6-7,13,17H,4-5,8-12,14H2,1-3H3,(H,24,25)(H2,21,22,23). The van der Waals surface area contributed by atoms with Crippen molar-refractivity contribution < 1.29 is 14.3 Å². The van der Waals surface area contributed by atoms with Crippen molar-refractivity contribution in [3.05, 3.63) is 29.3 Å². The molecule has 27 heavy (non-hydrogen) atoms. The highest BCUT2D eigenvalue weighted by atomic mass is 16.5. The molecular weight excluding hydrogens is 344 g/mol. The highest BCUT2D eigenvalue weighted by molar-refractivity contribution is 5.80. The summed E-state index contributed by atoms with van der Waals surface area (Å²) in [6.45, 7) is 4.41. The molecule has 0 radical (unpaired) electrons. The van der Waals surface area contributed by atoms with Crippen LogP contribution in [0.1, 0.15) is 36.8 Å². The van der Waals surface area contributed by atoms with E-state index in [-0.39, 0.29) is 5.91 Å². The first kappa shape index (κ1) is 21.0. The molecule has 0 aromatic heterocycles. The molecular formula is C20H32N4O3. The minimum atomic E-state index is 0.139. The van der Waals surface area contributed by atoms with E-state index in [9.17, 15) is 4.79 Å². The third-order valence-electron chi connectivity index (χ3n) is 4.25. The number of hydrogen-bond donors (Lipinski definition) is 3. The Morgan fingerprint density at radius 3 is 2.78 bits per heavy atom. The summed E-state index contributed by atoms with van der Waals surface area (Å²) in [5.74, 6) is 1.70. The van der Waals surface area contributed by atoms with Crippen LogP contribution in [0.5, 0.6) is 5.75 Å². The fraction of sp³-hybridized carbons (Fsp3) is 0.600. The van der Waals surface area contributed by atoms with E-state index in [1.54, 1.807) is 14.2 Å². The van der Waals surface area contributed by atoms with E-state index in [0.717, 1.165) is 36.1 Å². The summed E-state index contributed by atoms with van der Waals surface area (Å²) in [4.78, 5) is 15.9. The lowest BCUT2D eigenvalue weighted by atomic mass is 10.1. The van der Waals surface area contributed by atoms with Gasteiger partial charge < -0.3 is 25.4 Å². The Morgan fingerprint density at radius 1 is 1.26 bits per heavy atom. The SMILES string of the molecule is CN=C(NCCCC(=O)NC1CC1)NCc1ccc(C)cc1OCCOC. The van der Waals surface area contributed by atoms with E-state index in [1.807, 2.05) is 13.0 Å². The molecule has 2 rings (SSSR count). The van der Waals surface area contributed by atoms with Gasteiger partial charge in [-0.2, -0.15) is 0 Å². The van der Waals surface area contributed by atoms with Crippen LogP contribution in [0.3, 0.4) is 0 Å². The molecule has 0 saturated heterocycles. The molecule has 1 saturated carbocycles. The number of nitrogens with zero attached hydrogens (tertiary/aromatic N) is 1. The van der Waals surface area contributed by atoms with Gasteiger partial charge in [-0.15, -0.1) is 0 Å².